The van der Waals surface area contributed by atoms with Crippen molar-refractivity contribution in [1.29, 1.82) is 0 Å². The topological polar surface area (TPSA) is 124 Å². The van der Waals surface area contributed by atoms with Crippen LogP contribution in [-0.4, -0.2) is 27.4 Å². The molecule has 4 aromatic rings. The van der Waals surface area contributed by atoms with E-state index in [-0.39, 0.29) is 17.0 Å². The fourth-order valence-corrected chi connectivity index (χ4v) is 4.71. The van der Waals surface area contributed by atoms with Gasteiger partial charge in [-0.2, -0.15) is 0 Å². The molecule has 1 heterocycles. The lowest BCUT2D eigenvalue weighted by Gasteiger charge is -2.18. The van der Waals surface area contributed by atoms with Crippen LogP contribution in [0.5, 0.6) is 5.75 Å². The summed E-state index contributed by atoms with van der Waals surface area (Å²) in [6.07, 6.45) is 0.155. The van der Waals surface area contributed by atoms with Crippen molar-refractivity contribution in [2.75, 3.05) is 12.4 Å². The second-order valence-electron chi connectivity index (χ2n) is 7.96. The van der Waals surface area contributed by atoms with Gasteiger partial charge in [0, 0.05) is 11.3 Å². The summed E-state index contributed by atoms with van der Waals surface area (Å²) in [7, 11) is -2.37. The fraction of sp³-hybridized carbons (Fsp3) is 0.111. The highest BCUT2D eigenvalue weighted by molar-refractivity contribution is 7.89. The first-order chi connectivity index (χ1) is 18.3. The summed E-state index contributed by atoms with van der Waals surface area (Å²) in [5, 5.41) is 2.99. The lowest BCUT2D eigenvalue weighted by atomic mass is 10.1. The van der Waals surface area contributed by atoms with Gasteiger partial charge >= 0.3 is 5.97 Å². The van der Waals surface area contributed by atoms with Gasteiger partial charge < -0.3 is 19.2 Å². The molecule has 196 valence electrons. The second kappa shape index (κ2) is 12.0. The molecule has 1 unspecified atom stereocenters. The van der Waals surface area contributed by atoms with Crippen LogP contribution in [0.2, 0.25) is 5.02 Å². The van der Waals surface area contributed by atoms with E-state index >= 15 is 0 Å². The number of rotatable bonds is 10. The van der Waals surface area contributed by atoms with Gasteiger partial charge in [0.1, 0.15) is 11.5 Å². The number of anilines is 1. The van der Waals surface area contributed by atoms with Crippen LogP contribution in [-0.2, 0) is 26.1 Å². The Balaban J connectivity index is 1.49. The zero-order valence-corrected chi connectivity index (χ0v) is 21.7. The number of hydrogen-bond donors (Lipinski definition) is 2. The fourth-order valence-electron chi connectivity index (χ4n) is 3.46. The number of ether oxygens (including phenoxy) is 2. The van der Waals surface area contributed by atoms with Crippen LogP contribution in [0.15, 0.2) is 101 Å². The molecular weight excluding hydrogens is 532 g/mol. The van der Waals surface area contributed by atoms with Crippen molar-refractivity contribution in [2.45, 2.75) is 17.5 Å². The summed E-state index contributed by atoms with van der Waals surface area (Å²) in [5.41, 5.74) is 0.893. The van der Waals surface area contributed by atoms with Crippen LogP contribution in [0.25, 0.3) is 0 Å². The molecule has 3 aromatic carbocycles. The molecule has 11 heteroatoms. The van der Waals surface area contributed by atoms with Crippen LogP contribution in [0, 0.1) is 0 Å². The average Bonchev–Trinajstić information content (AvgIpc) is 3.45. The van der Waals surface area contributed by atoms with E-state index in [0.717, 1.165) is 0 Å². The highest BCUT2D eigenvalue weighted by Gasteiger charge is 2.26. The Labute approximate surface area is 224 Å². The molecule has 4 rings (SSSR count). The zero-order chi connectivity index (χ0) is 27.1. The maximum atomic E-state index is 13.1. The van der Waals surface area contributed by atoms with E-state index in [9.17, 15) is 18.0 Å². The molecule has 0 aliphatic carbocycles. The third-order valence-corrected chi connectivity index (χ3v) is 7.11. The molecule has 0 saturated carbocycles. The average molecular weight is 555 g/mol. The molecule has 0 aliphatic heterocycles. The summed E-state index contributed by atoms with van der Waals surface area (Å²) >= 11 is 6.15. The molecule has 1 amide bonds. The van der Waals surface area contributed by atoms with Crippen LogP contribution in [0.3, 0.4) is 0 Å². The number of benzene rings is 3. The molecule has 0 bridgehead atoms. The van der Waals surface area contributed by atoms with Gasteiger partial charge in [-0.25, -0.2) is 17.9 Å². The third-order valence-electron chi connectivity index (χ3n) is 5.40. The van der Waals surface area contributed by atoms with Gasteiger partial charge in [0.2, 0.25) is 16.1 Å². The lowest BCUT2D eigenvalue weighted by Crippen LogP contribution is -2.26. The Morgan fingerprint density at radius 2 is 1.71 bits per heavy atom. The van der Waals surface area contributed by atoms with Gasteiger partial charge in [-0.05, 0) is 54.6 Å². The highest BCUT2D eigenvalue weighted by Crippen LogP contribution is 2.28. The van der Waals surface area contributed by atoms with E-state index in [4.69, 9.17) is 25.5 Å². The van der Waals surface area contributed by atoms with Gasteiger partial charge in [-0.3, -0.25) is 4.79 Å². The maximum Gasteiger partial charge on any atom is 0.339 e. The predicted molar refractivity (Wildman–Crippen MR) is 140 cm³/mol. The number of carbonyl (C=O) groups excluding carboxylic acids is 2. The number of furan rings is 1. The Kier molecular flexibility index (Phi) is 8.47. The maximum absolute atomic E-state index is 13.1. The Hall–Kier alpha value is -4.12. The van der Waals surface area contributed by atoms with E-state index < -0.39 is 28.0 Å². The number of hydrogen-bond acceptors (Lipinski definition) is 7. The summed E-state index contributed by atoms with van der Waals surface area (Å²) in [6.45, 7) is -0.0214. The van der Waals surface area contributed by atoms with Gasteiger partial charge in [-0.15, -0.1) is 0 Å². The first-order valence-electron chi connectivity index (χ1n) is 11.3. The smallest absolute Gasteiger partial charge is 0.339 e. The van der Waals surface area contributed by atoms with Gasteiger partial charge in [0.15, 0.2) is 0 Å². The van der Waals surface area contributed by atoms with E-state index in [1.54, 1.807) is 54.6 Å². The Bertz CT molecular complexity index is 1510. The number of methoxy groups -OCH3 is 1. The van der Waals surface area contributed by atoms with Crippen molar-refractivity contribution >= 4 is 39.2 Å². The summed E-state index contributed by atoms with van der Waals surface area (Å²) < 4.78 is 43.4. The molecule has 1 atom stereocenters. The number of amides is 1. The number of carbonyl (C=O) groups is 2. The molecular formula is C27H23ClN2O7S. The van der Waals surface area contributed by atoms with E-state index in [1.807, 2.05) is 0 Å². The standard InChI is InChI=1S/C27H23ClN2O7S/c1-35-24-14-11-20(16-23(24)28)30-26(31)25(18-6-3-2-4-7-18)37-27(32)19-9-12-22(13-10-19)38(33,34)29-17-21-8-5-15-36-21/h2-16,25,29H,17H2,1H3,(H,30,31). The van der Waals surface area contributed by atoms with E-state index in [1.165, 1.54) is 43.7 Å². The first-order valence-corrected chi connectivity index (χ1v) is 13.2. The van der Waals surface area contributed by atoms with Crippen LogP contribution < -0.4 is 14.8 Å². The van der Waals surface area contributed by atoms with Gasteiger partial charge in [0.25, 0.3) is 5.91 Å². The summed E-state index contributed by atoms with van der Waals surface area (Å²) in [5.74, 6) is -0.519. The van der Waals surface area contributed by atoms with Gasteiger partial charge in [-0.1, -0.05) is 41.9 Å². The minimum Gasteiger partial charge on any atom is -0.495 e. The van der Waals surface area contributed by atoms with Crippen molar-refractivity contribution in [3.05, 3.63) is 113 Å². The van der Waals surface area contributed by atoms with Crippen molar-refractivity contribution in [3.8, 4) is 5.75 Å². The molecule has 0 fully saturated rings. The first kappa shape index (κ1) is 26.9. The minimum atomic E-state index is -3.85. The zero-order valence-electron chi connectivity index (χ0n) is 20.1. The largest absolute Gasteiger partial charge is 0.495 e. The number of nitrogens with one attached hydrogen (secondary N) is 2. The number of halogens is 1. The van der Waals surface area contributed by atoms with Crippen LogP contribution >= 0.6 is 11.6 Å². The summed E-state index contributed by atoms with van der Waals surface area (Å²) in [6, 6.07) is 21.7. The molecule has 0 saturated heterocycles. The molecule has 38 heavy (non-hydrogen) atoms. The van der Waals surface area contributed by atoms with E-state index in [2.05, 4.69) is 10.0 Å². The number of esters is 1. The molecule has 0 aliphatic rings. The molecule has 0 spiro atoms. The van der Waals surface area contributed by atoms with Crippen molar-refractivity contribution in [1.82, 2.24) is 4.72 Å². The Morgan fingerprint density at radius 1 is 0.974 bits per heavy atom. The molecule has 2 N–H and O–H groups in total. The highest BCUT2D eigenvalue weighted by atomic mass is 35.5. The molecule has 9 nitrogen and oxygen atoms in total. The number of sulfonamides is 1. The van der Waals surface area contributed by atoms with Crippen molar-refractivity contribution in [2.24, 2.45) is 0 Å². The normalized spacial score (nSPS) is 11.9. The third kappa shape index (κ3) is 6.60. The molecule has 0 radical (unpaired) electrons. The van der Waals surface area contributed by atoms with Crippen LogP contribution in [0.1, 0.15) is 27.8 Å². The second-order valence-corrected chi connectivity index (χ2v) is 10.1. The SMILES string of the molecule is COc1ccc(NC(=O)C(OC(=O)c2ccc(S(=O)(=O)NCc3ccco3)cc2)c2ccccc2)cc1Cl. The van der Waals surface area contributed by atoms with E-state index in [0.29, 0.717) is 27.8 Å². The predicted octanol–water partition coefficient (Wildman–Crippen LogP) is 4.96. The monoisotopic (exact) mass is 554 g/mol. The minimum absolute atomic E-state index is 0.0214. The lowest BCUT2D eigenvalue weighted by molar-refractivity contribution is -0.125. The molecule has 1 aromatic heterocycles. The van der Waals surface area contributed by atoms with Gasteiger partial charge in [0.05, 0.1) is 35.4 Å². The summed E-state index contributed by atoms with van der Waals surface area (Å²) in [4.78, 5) is 26.0. The van der Waals surface area contributed by atoms with Crippen molar-refractivity contribution in [3.63, 3.8) is 0 Å². The van der Waals surface area contributed by atoms with Crippen LogP contribution in [0.4, 0.5) is 5.69 Å². The quantitative estimate of drug-likeness (QED) is 0.266. The van der Waals surface area contributed by atoms with Crippen molar-refractivity contribution < 1.29 is 31.9 Å². The Morgan fingerprint density at radius 3 is 2.34 bits per heavy atom.